The number of thiophene rings is 1. The molecule has 2 amide bonds. The molecule has 1 fully saturated rings. The van der Waals surface area contributed by atoms with Crippen molar-refractivity contribution >= 4 is 23.2 Å². The van der Waals surface area contributed by atoms with Gasteiger partial charge >= 0.3 is 0 Å². The van der Waals surface area contributed by atoms with E-state index in [9.17, 15) is 9.59 Å². The molecule has 0 saturated carbocycles. The fourth-order valence-electron chi connectivity index (χ4n) is 2.68. The third-order valence-electron chi connectivity index (χ3n) is 4.02. The normalized spacial score (nSPS) is 17.8. The first kappa shape index (κ1) is 17.9. The predicted molar refractivity (Wildman–Crippen MR) is 93.4 cm³/mol. The second kappa shape index (κ2) is 7.45. The van der Waals surface area contributed by atoms with Crippen molar-refractivity contribution in [1.82, 2.24) is 15.1 Å². The molecule has 2 heterocycles. The van der Waals surface area contributed by atoms with Gasteiger partial charge in [0.2, 0.25) is 11.8 Å². The molecule has 2 rings (SSSR count). The minimum Gasteiger partial charge on any atom is -0.348 e. The molecular formula is C17H27N3O2S. The molecule has 6 heteroatoms. The van der Waals surface area contributed by atoms with Gasteiger partial charge in [0.1, 0.15) is 0 Å². The van der Waals surface area contributed by atoms with Crippen molar-refractivity contribution in [3.8, 4) is 0 Å². The number of nitrogens with zero attached hydrogens (tertiary/aromatic N) is 2. The van der Waals surface area contributed by atoms with Gasteiger partial charge in [0.25, 0.3) is 0 Å². The van der Waals surface area contributed by atoms with E-state index in [1.807, 2.05) is 50.1 Å². The third kappa shape index (κ3) is 5.04. The summed E-state index contributed by atoms with van der Waals surface area (Å²) in [5.41, 5.74) is -0.338. The first-order valence-electron chi connectivity index (χ1n) is 8.12. The Balaban J connectivity index is 1.76. The smallest absolute Gasteiger partial charge is 0.234 e. The fourth-order valence-corrected chi connectivity index (χ4v) is 3.42. The number of carbonyl (C=O) groups is 2. The molecule has 1 unspecified atom stereocenters. The Morgan fingerprint density at radius 1 is 1.26 bits per heavy atom. The second-order valence-electron chi connectivity index (χ2n) is 7.12. The average molecular weight is 337 g/mol. The van der Waals surface area contributed by atoms with Crippen LogP contribution in [0.5, 0.6) is 0 Å². The average Bonchev–Trinajstić information content (AvgIpc) is 3.00. The van der Waals surface area contributed by atoms with Crippen LogP contribution in [0.4, 0.5) is 0 Å². The van der Waals surface area contributed by atoms with Crippen LogP contribution in [-0.2, 0) is 9.59 Å². The molecule has 128 valence electrons. The maximum atomic E-state index is 12.3. The summed E-state index contributed by atoms with van der Waals surface area (Å²) in [5, 5.41) is 5.05. The van der Waals surface area contributed by atoms with Crippen LogP contribution in [0.1, 0.15) is 38.6 Å². The van der Waals surface area contributed by atoms with E-state index in [1.54, 1.807) is 11.3 Å². The van der Waals surface area contributed by atoms with Crippen LogP contribution in [0, 0.1) is 5.41 Å². The molecule has 1 N–H and O–H groups in total. The Morgan fingerprint density at radius 2 is 1.91 bits per heavy atom. The van der Waals surface area contributed by atoms with Crippen LogP contribution in [0.15, 0.2) is 17.5 Å². The number of nitrogens with one attached hydrogen (secondary N) is 1. The zero-order valence-electron chi connectivity index (χ0n) is 14.5. The lowest BCUT2D eigenvalue weighted by Crippen LogP contribution is -2.53. The number of rotatable bonds is 4. The van der Waals surface area contributed by atoms with Crippen molar-refractivity contribution in [2.75, 3.05) is 32.7 Å². The van der Waals surface area contributed by atoms with E-state index in [-0.39, 0.29) is 23.3 Å². The third-order valence-corrected chi connectivity index (χ3v) is 5.07. The summed E-state index contributed by atoms with van der Waals surface area (Å²) >= 11 is 1.65. The summed E-state index contributed by atoms with van der Waals surface area (Å²) in [4.78, 5) is 29.6. The Bertz CT molecular complexity index is 529. The lowest BCUT2D eigenvalue weighted by molar-refractivity contribution is -0.141. The maximum Gasteiger partial charge on any atom is 0.234 e. The number of piperazine rings is 1. The standard InChI is InChI=1S/C17H27N3O2S/c1-13(14-6-5-11-23-14)18-15(21)12-19-7-9-20(10-8-19)16(22)17(2,3)4/h5-6,11,13H,7-10,12H2,1-4H3,(H,18,21). The summed E-state index contributed by atoms with van der Waals surface area (Å²) in [6.45, 7) is 11.1. The summed E-state index contributed by atoms with van der Waals surface area (Å²) < 4.78 is 0. The molecular weight excluding hydrogens is 310 g/mol. The SMILES string of the molecule is CC(NC(=O)CN1CCN(C(=O)C(C)(C)C)CC1)c1cccs1. The van der Waals surface area contributed by atoms with E-state index in [0.29, 0.717) is 19.6 Å². The molecule has 1 aliphatic rings. The number of hydrogen-bond donors (Lipinski definition) is 1. The Kier molecular flexibility index (Phi) is 5.81. The van der Waals surface area contributed by atoms with Gasteiger partial charge in [-0.25, -0.2) is 0 Å². The van der Waals surface area contributed by atoms with Crippen LogP contribution in [0.25, 0.3) is 0 Å². The molecule has 0 aromatic carbocycles. The minimum atomic E-state index is -0.338. The van der Waals surface area contributed by atoms with Crippen LogP contribution < -0.4 is 5.32 Å². The van der Waals surface area contributed by atoms with Gasteiger partial charge in [-0.2, -0.15) is 0 Å². The Labute approximate surface area is 142 Å². The van der Waals surface area contributed by atoms with Crippen molar-refractivity contribution < 1.29 is 9.59 Å². The monoisotopic (exact) mass is 337 g/mol. The first-order valence-corrected chi connectivity index (χ1v) is 9.00. The maximum absolute atomic E-state index is 12.3. The second-order valence-corrected chi connectivity index (χ2v) is 8.10. The first-order chi connectivity index (χ1) is 10.8. The van der Waals surface area contributed by atoms with Crippen molar-refractivity contribution in [1.29, 1.82) is 0 Å². The Morgan fingerprint density at radius 3 is 2.43 bits per heavy atom. The highest BCUT2D eigenvalue weighted by Crippen LogP contribution is 2.19. The zero-order valence-corrected chi connectivity index (χ0v) is 15.3. The zero-order chi connectivity index (χ0) is 17.0. The van der Waals surface area contributed by atoms with Gasteiger partial charge in [-0.05, 0) is 18.4 Å². The molecule has 1 aromatic heterocycles. The van der Waals surface area contributed by atoms with Crippen LogP contribution in [0.2, 0.25) is 0 Å². The number of carbonyl (C=O) groups excluding carboxylic acids is 2. The summed E-state index contributed by atoms with van der Waals surface area (Å²) in [6.07, 6.45) is 0. The van der Waals surface area contributed by atoms with Gasteiger partial charge in [0.05, 0.1) is 12.6 Å². The van der Waals surface area contributed by atoms with Crippen molar-refractivity contribution in [2.45, 2.75) is 33.7 Å². The summed E-state index contributed by atoms with van der Waals surface area (Å²) in [6, 6.07) is 4.08. The Hall–Kier alpha value is -1.40. The van der Waals surface area contributed by atoms with Crippen LogP contribution >= 0.6 is 11.3 Å². The highest BCUT2D eigenvalue weighted by molar-refractivity contribution is 7.10. The van der Waals surface area contributed by atoms with Crippen molar-refractivity contribution in [3.05, 3.63) is 22.4 Å². The van der Waals surface area contributed by atoms with Gasteiger partial charge in [0, 0.05) is 36.5 Å². The summed E-state index contributed by atoms with van der Waals surface area (Å²) in [5.74, 6) is 0.231. The molecule has 0 bridgehead atoms. The van der Waals surface area contributed by atoms with E-state index in [0.717, 1.165) is 13.1 Å². The summed E-state index contributed by atoms with van der Waals surface area (Å²) in [7, 11) is 0. The molecule has 23 heavy (non-hydrogen) atoms. The lowest BCUT2D eigenvalue weighted by atomic mass is 9.94. The molecule has 1 saturated heterocycles. The predicted octanol–water partition coefficient (Wildman–Crippen LogP) is 2.12. The molecule has 0 radical (unpaired) electrons. The van der Waals surface area contributed by atoms with Gasteiger partial charge in [-0.1, -0.05) is 26.8 Å². The molecule has 1 aliphatic heterocycles. The highest BCUT2D eigenvalue weighted by Gasteiger charge is 2.30. The van der Waals surface area contributed by atoms with E-state index >= 15 is 0 Å². The number of amides is 2. The van der Waals surface area contributed by atoms with Gasteiger partial charge in [-0.15, -0.1) is 11.3 Å². The van der Waals surface area contributed by atoms with E-state index in [4.69, 9.17) is 0 Å². The topological polar surface area (TPSA) is 52.7 Å². The van der Waals surface area contributed by atoms with Crippen molar-refractivity contribution in [2.24, 2.45) is 5.41 Å². The largest absolute Gasteiger partial charge is 0.348 e. The molecule has 5 nitrogen and oxygen atoms in total. The quantitative estimate of drug-likeness (QED) is 0.915. The van der Waals surface area contributed by atoms with Gasteiger partial charge < -0.3 is 10.2 Å². The minimum absolute atomic E-state index is 0.0431. The molecule has 1 atom stereocenters. The molecule has 1 aromatic rings. The van der Waals surface area contributed by atoms with Crippen molar-refractivity contribution in [3.63, 3.8) is 0 Å². The highest BCUT2D eigenvalue weighted by atomic mass is 32.1. The van der Waals surface area contributed by atoms with E-state index in [2.05, 4.69) is 10.2 Å². The van der Waals surface area contributed by atoms with E-state index in [1.165, 1.54) is 4.88 Å². The van der Waals surface area contributed by atoms with Crippen LogP contribution in [0.3, 0.4) is 0 Å². The van der Waals surface area contributed by atoms with Gasteiger partial charge in [-0.3, -0.25) is 14.5 Å². The van der Waals surface area contributed by atoms with Gasteiger partial charge in [0.15, 0.2) is 0 Å². The fraction of sp³-hybridized carbons (Fsp3) is 0.647. The van der Waals surface area contributed by atoms with Crippen LogP contribution in [-0.4, -0.2) is 54.3 Å². The molecule has 0 aliphatic carbocycles. The van der Waals surface area contributed by atoms with E-state index < -0.39 is 0 Å². The lowest BCUT2D eigenvalue weighted by Gasteiger charge is -2.37. The molecule has 0 spiro atoms. The number of hydrogen-bond acceptors (Lipinski definition) is 4.